The molecule has 0 unspecified atom stereocenters. The maximum atomic E-state index is 10.0. The van der Waals surface area contributed by atoms with Crippen LogP contribution in [0.4, 0.5) is 11.5 Å². The number of nitrogens with one attached hydrogen (secondary N) is 2. The van der Waals surface area contributed by atoms with Gasteiger partial charge in [0.25, 0.3) is 0 Å². The molecule has 2 aromatic carbocycles. The van der Waals surface area contributed by atoms with Crippen molar-refractivity contribution in [3.63, 3.8) is 0 Å². The fourth-order valence-corrected chi connectivity index (χ4v) is 3.38. The van der Waals surface area contributed by atoms with Crippen molar-refractivity contribution in [3.8, 4) is 23.0 Å². The minimum absolute atomic E-state index is 0.168. The van der Waals surface area contributed by atoms with Gasteiger partial charge in [0.2, 0.25) is 0 Å². The van der Waals surface area contributed by atoms with E-state index in [2.05, 4.69) is 20.6 Å². The third kappa shape index (κ3) is 5.39. The zero-order valence-corrected chi connectivity index (χ0v) is 18.4. The van der Waals surface area contributed by atoms with Crippen LogP contribution in [0.3, 0.4) is 0 Å². The summed E-state index contributed by atoms with van der Waals surface area (Å²) in [4.78, 5) is 9.08. The van der Waals surface area contributed by atoms with E-state index in [1.807, 2.05) is 44.3 Å². The first-order valence-corrected chi connectivity index (χ1v) is 10.8. The molecule has 2 heterocycles. The molecule has 1 aliphatic rings. The van der Waals surface area contributed by atoms with Crippen LogP contribution in [0.15, 0.2) is 42.6 Å². The van der Waals surface area contributed by atoms with Gasteiger partial charge in [0.1, 0.15) is 24.9 Å². The van der Waals surface area contributed by atoms with E-state index in [0.717, 1.165) is 47.1 Å². The molecule has 1 aliphatic heterocycles. The zero-order valence-electron chi connectivity index (χ0n) is 18.4. The van der Waals surface area contributed by atoms with E-state index < -0.39 is 0 Å². The molecule has 0 amide bonds. The van der Waals surface area contributed by atoms with Crippen molar-refractivity contribution in [2.75, 3.05) is 31.7 Å². The molecule has 0 aliphatic carbocycles. The van der Waals surface area contributed by atoms with E-state index >= 15 is 0 Å². The highest BCUT2D eigenvalue weighted by Crippen LogP contribution is 2.33. The van der Waals surface area contributed by atoms with E-state index in [9.17, 15) is 5.11 Å². The smallest absolute Gasteiger partial charge is 0.163 e. The summed E-state index contributed by atoms with van der Waals surface area (Å²) in [6.07, 6.45) is 2.59. The number of rotatable bonds is 9. The summed E-state index contributed by atoms with van der Waals surface area (Å²) < 4.78 is 16.6. The van der Waals surface area contributed by atoms with Crippen molar-refractivity contribution in [3.05, 3.63) is 59.5 Å². The molecule has 0 bridgehead atoms. The average Bonchev–Trinajstić information content (AvgIpc) is 2.80. The molecule has 3 N–H and O–H groups in total. The lowest BCUT2D eigenvalue weighted by molar-refractivity contribution is 0.171. The molecule has 0 radical (unpaired) electrons. The molecule has 32 heavy (non-hydrogen) atoms. The fourth-order valence-electron chi connectivity index (χ4n) is 3.38. The van der Waals surface area contributed by atoms with Crippen molar-refractivity contribution >= 4 is 11.5 Å². The number of aryl methyl sites for hydroxylation is 1. The highest BCUT2D eigenvalue weighted by Gasteiger charge is 2.13. The van der Waals surface area contributed by atoms with Crippen LogP contribution in [0.2, 0.25) is 0 Å². The van der Waals surface area contributed by atoms with Crippen LogP contribution in [0.25, 0.3) is 0 Å². The normalized spacial score (nSPS) is 12.4. The lowest BCUT2D eigenvalue weighted by Crippen LogP contribution is -2.19. The third-order valence-electron chi connectivity index (χ3n) is 5.02. The van der Waals surface area contributed by atoms with Crippen molar-refractivity contribution in [1.29, 1.82) is 0 Å². The molecule has 8 heteroatoms. The van der Waals surface area contributed by atoms with Crippen LogP contribution in [0.1, 0.15) is 23.9 Å². The number of nitrogens with zero attached hydrogens (tertiary/aromatic N) is 2. The van der Waals surface area contributed by atoms with Crippen LogP contribution in [-0.2, 0) is 13.0 Å². The number of aromatic nitrogens is 2. The van der Waals surface area contributed by atoms with E-state index in [1.165, 1.54) is 0 Å². The maximum absolute atomic E-state index is 10.0. The van der Waals surface area contributed by atoms with Gasteiger partial charge in [-0.25, -0.2) is 9.97 Å². The van der Waals surface area contributed by atoms with Crippen molar-refractivity contribution in [1.82, 2.24) is 15.3 Å². The summed E-state index contributed by atoms with van der Waals surface area (Å²) >= 11 is 0. The van der Waals surface area contributed by atoms with Gasteiger partial charge in [0.05, 0.1) is 13.2 Å². The SMILES string of the molecule is CCOc1ccc(CCNCc2ncc(C)c(Nc3ccc4c(c3)OCCO4)n2)cc1O. The molecule has 8 nitrogen and oxygen atoms in total. The van der Waals surface area contributed by atoms with Crippen molar-refractivity contribution in [2.45, 2.75) is 26.8 Å². The summed E-state index contributed by atoms with van der Waals surface area (Å²) in [5.74, 6) is 3.62. The minimum atomic E-state index is 0.168. The molecule has 0 saturated carbocycles. The molecule has 4 rings (SSSR count). The first-order valence-electron chi connectivity index (χ1n) is 10.8. The Morgan fingerprint density at radius 2 is 1.94 bits per heavy atom. The van der Waals surface area contributed by atoms with Gasteiger partial charge in [0, 0.05) is 23.5 Å². The van der Waals surface area contributed by atoms with E-state index in [0.29, 0.717) is 37.9 Å². The first-order chi connectivity index (χ1) is 15.6. The number of anilines is 2. The lowest BCUT2D eigenvalue weighted by atomic mass is 10.1. The van der Waals surface area contributed by atoms with Gasteiger partial charge in [0.15, 0.2) is 23.0 Å². The van der Waals surface area contributed by atoms with Crippen LogP contribution in [-0.4, -0.2) is 41.4 Å². The average molecular weight is 437 g/mol. The Hall–Kier alpha value is -3.52. The monoisotopic (exact) mass is 436 g/mol. The molecular formula is C24H28N4O4. The Morgan fingerprint density at radius 1 is 1.09 bits per heavy atom. The number of benzene rings is 2. The fraction of sp³-hybridized carbons (Fsp3) is 0.333. The number of phenolic OH excluding ortho intramolecular Hbond substituents is 1. The van der Waals surface area contributed by atoms with Gasteiger partial charge in [-0.2, -0.15) is 0 Å². The van der Waals surface area contributed by atoms with Gasteiger partial charge in [-0.3, -0.25) is 0 Å². The molecule has 0 fully saturated rings. The summed E-state index contributed by atoms with van der Waals surface area (Å²) in [5.41, 5.74) is 2.86. The van der Waals surface area contributed by atoms with Crippen molar-refractivity contribution in [2.24, 2.45) is 0 Å². The standard InChI is InChI=1S/C24H28N4O4/c1-3-30-20-6-4-17(12-19(20)29)8-9-25-15-23-26-14-16(2)24(28-23)27-18-5-7-21-22(13-18)32-11-10-31-21/h4-7,12-14,25,29H,3,8-11,15H2,1-2H3,(H,26,27,28). The zero-order chi connectivity index (χ0) is 22.3. The quantitative estimate of drug-likeness (QED) is 0.437. The molecule has 1 aromatic heterocycles. The van der Waals surface area contributed by atoms with Gasteiger partial charge in [-0.15, -0.1) is 0 Å². The number of ether oxygens (including phenoxy) is 3. The minimum Gasteiger partial charge on any atom is -0.504 e. The van der Waals surface area contributed by atoms with Crippen LogP contribution in [0.5, 0.6) is 23.0 Å². The predicted molar refractivity (Wildman–Crippen MR) is 122 cm³/mol. The Labute approximate surface area is 187 Å². The van der Waals surface area contributed by atoms with E-state index in [1.54, 1.807) is 12.1 Å². The van der Waals surface area contributed by atoms with Crippen LogP contribution < -0.4 is 24.8 Å². The molecule has 3 aromatic rings. The predicted octanol–water partition coefficient (Wildman–Crippen LogP) is 3.74. The Balaban J connectivity index is 1.32. The summed E-state index contributed by atoms with van der Waals surface area (Å²) in [6.45, 7) is 6.78. The lowest BCUT2D eigenvalue weighted by Gasteiger charge is -2.19. The van der Waals surface area contributed by atoms with Gasteiger partial charge in [-0.1, -0.05) is 6.07 Å². The third-order valence-corrected chi connectivity index (χ3v) is 5.02. The second kappa shape index (κ2) is 10.2. The van der Waals surface area contributed by atoms with Gasteiger partial charge < -0.3 is 30.0 Å². The molecule has 0 saturated heterocycles. The number of hydrogen-bond acceptors (Lipinski definition) is 8. The van der Waals surface area contributed by atoms with Gasteiger partial charge >= 0.3 is 0 Å². The summed E-state index contributed by atoms with van der Waals surface area (Å²) in [5, 5.41) is 16.7. The van der Waals surface area contributed by atoms with E-state index in [4.69, 9.17) is 14.2 Å². The first kappa shape index (κ1) is 21.7. The Kier molecular flexibility index (Phi) is 6.91. The molecular weight excluding hydrogens is 408 g/mol. The van der Waals surface area contributed by atoms with E-state index in [-0.39, 0.29) is 5.75 Å². The number of phenols is 1. The number of hydrogen-bond donors (Lipinski definition) is 3. The van der Waals surface area contributed by atoms with Crippen LogP contribution in [0, 0.1) is 6.92 Å². The molecule has 168 valence electrons. The molecule has 0 spiro atoms. The second-order valence-corrected chi connectivity index (χ2v) is 7.46. The Morgan fingerprint density at radius 3 is 2.75 bits per heavy atom. The van der Waals surface area contributed by atoms with Crippen LogP contribution >= 0.6 is 0 Å². The van der Waals surface area contributed by atoms with Crippen molar-refractivity contribution < 1.29 is 19.3 Å². The molecule has 0 atom stereocenters. The highest BCUT2D eigenvalue weighted by molar-refractivity contribution is 5.63. The summed E-state index contributed by atoms with van der Waals surface area (Å²) in [6, 6.07) is 11.3. The topological polar surface area (TPSA) is 97.8 Å². The summed E-state index contributed by atoms with van der Waals surface area (Å²) in [7, 11) is 0. The Bertz CT molecular complexity index is 1070. The second-order valence-electron chi connectivity index (χ2n) is 7.46. The van der Waals surface area contributed by atoms with Gasteiger partial charge in [-0.05, 0) is 56.6 Å². The number of aromatic hydroxyl groups is 1. The highest BCUT2D eigenvalue weighted by atomic mass is 16.6. The maximum Gasteiger partial charge on any atom is 0.163 e. The number of fused-ring (bicyclic) bond motifs is 1. The largest absolute Gasteiger partial charge is 0.504 e.